The number of carboxylic acid groups (broad SMARTS) is 1. The molecule has 0 amide bonds. The van der Waals surface area contributed by atoms with E-state index in [0.717, 1.165) is 12.0 Å². The van der Waals surface area contributed by atoms with E-state index >= 15 is 4.39 Å². The Kier molecular flexibility index (Phi) is 7.00. The Morgan fingerprint density at radius 2 is 1.80 bits per heavy atom. The first-order chi connectivity index (χ1) is 18.9. The third-order valence-corrected chi connectivity index (χ3v) is 7.25. The first-order valence-electron chi connectivity index (χ1n) is 13.2. The van der Waals surface area contributed by atoms with Crippen LogP contribution in [0.3, 0.4) is 0 Å². The normalized spacial score (nSPS) is 14.1. The highest BCUT2D eigenvalue weighted by Gasteiger charge is 2.34. The topological polar surface area (TPSA) is 77.8 Å². The lowest BCUT2D eigenvalue weighted by molar-refractivity contribution is -0.161. The molecule has 0 saturated carbocycles. The molecule has 3 aromatic carbocycles. The van der Waals surface area contributed by atoms with Crippen LogP contribution in [0.1, 0.15) is 50.1 Å². The monoisotopic (exact) mass is 547 g/mol. The molecule has 0 fully saturated rings. The number of aromatic nitrogens is 1. The fourth-order valence-electron chi connectivity index (χ4n) is 5.47. The molecule has 0 spiro atoms. The molecule has 4 aromatic rings. The summed E-state index contributed by atoms with van der Waals surface area (Å²) in [4.78, 5) is 26.5. The minimum absolute atomic E-state index is 0.109. The lowest BCUT2D eigenvalue weighted by Gasteiger charge is -2.29. The van der Waals surface area contributed by atoms with Gasteiger partial charge in [-0.15, -0.1) is 0 Å². The predicted molar refractivity (Wildman–Crippen MR) is 150 cm³/mol. The maximum Gasteiger partial charge on any atom is 0.339 e. The number of hydrogen-bond acceptors (Lipinski definition) is 4. The van der Waals surface area contributed by atoms with Crippen molar-refractivity contribution in [2.75, 3.05) is 6.61 Å². The summed E-state index contributed by atoms with van der Waals surface area (Å²) in [7, 11) is 1.49. The van der Waals surface area contributed by atoms with E-state index < -0.39 is 34.9 Å². The molecule has 0 bridgehead atoms. The Labute approximate surface area is 230 Å². The van der Waals surface area contributed by atoms with Gasteiger partial charge in [0, 0.05) is 23.6 Å². The minimum atomic E-state index is -1.52. The van der Waals surface area contributed by atoms with E-state index in [1.807, 2.05) is 6.92 Å². The number of halogens is 2. The number of nitrogens with zero attached hydrogens (tertiary/aromatic N) is 1. The zero-order valence-corrected chi connectivity index (χ0v) is 23.1. The van der Waals surface area contributed by atoms with Gasteiger partial charge in [0.05, 0.1) is 17.9 Å². The summed E-state index contributed by atoms with van der Waals surface area (Å²) in [6.07, 6.45) is -0.190. The SMILES string of the molecule is Cc1c(-c2c(C(OC(C)(C)C)C(=O)O)n(C)c(=O)c3cc(-c4cccc(F)c4)ccc23)cc(F)c2c1CCCO2. The van der Waals surface area contributed by atoms with Gasteiger partial charge >= 0.3 is 5.97 Å². The molecule has 5 rings (SSSR count). The van der Waals surface area contributed by atoms with Crippen molar-refractivity contribution in [2.45, 2.75) is 52.2 Å². The van der Waals surface area contributed by atoms with E-state index in [9.17, 15) is 19.1 Å². The molecule has 2 heterocycles. The van der Waals surface area contributed by atoms with Gasteiger partial charge in [0.25, 0.3) is 5.56 Å². The van der Waals surface area contributed by atoms with Crippen LogP contribution < -0.4 is 10.3 Å². The van der Waals surface area contributed by atoms with Crippen molar-refractivity contribution in [3.63, 3.8) is 0 Å². The fourth-order valence-corrected chi connectivity index (χ4v) is 5.47. The minimum Gasteiger partial charge on any atom is -0.490 e. The number of carboxylic acids is 1. The van der Waals surface area contributed by atoms with Crippen LogP contribution in [-0.4, -0.2) is 27.9 Å². The molecule has 1 unspecified atom stereocenters. The number of hydrogen-bond donors (Lipinski definition) is 1. The standard InChI is InChI=1S/C32H31F2NO5/c1-17-21-10-7-13-39-28(21)25(34)16-23(17)26-22-12-11-19(18-8-6-9-20(33)14-18)15-24(22)30(36)35(5)27(26)29(31(37)38)40-32(2,3)4/h6,8-9,11-12,14-16,29H,7,10,13H2,1-5H3,(H,37,38). The zero-order valence-electron chi connectivity index (χ0n) is 23.1. The van der Waals surface area contributed by atoms with Gasteiger partial charge in [-0.2, -0.15) is 0 Å². The van der Waals surface area contributed by atoms with Gasteiger partial charge < -0.3 is 19.1 Å². The van der Waals surface area contributed by atoms with Gasteiger partial charge in [-0.25, -0.2) is 13.6 Å². The summed E-state index contributed by atoms with van der Waals surface area (Å²) < 4.78 is 42.4. The first-order valence-corrected chi connectivity index (χ1v) is 13.2. The second-order valence-electron chi connectivity index (χ2n) is 11.1. The van der Waals surface area contributed by atoms with Gasteiger partial charge in [-0.1, -0.05) is 24.3 Å². The molecule has 0 radical (unpaired) electrons. The number of aliphatic carboxylic acids is 1. The summed E-state index contributed by atoms with van der Waals surface area (Å²) in [5.41, 5.74) is 2.31. The van der Waals surface area contributed by atoms with Crippen molar-refractivity contribution in [1.82, 2.24) is 4.57 Å². The largest absolute Gasteiger partial charge is 0.490 e. The molecular weight excluding hydrogens is 516 g/mol. The van der Waals surface area contributed by atoms with Crippen LogP contribution in [0.5, 0.6) is 5.75 Å². The summed E-state index contributed by atoms with van der Waals surface area (Å²) in [6, 6.07) is 12.5. The quantitative estimate of drug-likeness (QED) is 0.300. The lowest BCUT2D eigenvalue weighted by Crippen LogP contribution is -2.33. The Bertz CT molecular complexity index is 1720. The second kappa shape index (κ2) is 10.2. The average molecular weight is 548 g/mol. The molecule has 0 aliphatic carbocycles. The van der Waals surface area contributed by atoms with Gasteiger partial charge in [-0.05, 0) is 92.4 Å². The van der Waals surface area contributed by atoms with Crippen molar-refractivity contribution in [2.24, 2.45) is 7.05 Å². The lowest BCUT2D eigenvalue weighted by atomic mass is 9.87. The van der Waals surface area contributed by atoms with E-state index in [2.05, 4.69) is 0 Å². The van der Waals surface area contributed by atoms with Crippen LogP contribution in [0.2, 0.25) is 0 Å². The Morgan fingerprint density at radius 3 is 2.48 bits per heavy atom. The number of benzene rings is 3. The predicted octanol–water partition coefficient (Wildman–Crippen LogP) is 6.72. The summed E-state index contributed by atoms with van der Waals surface area (Å²) >= 11 is 0. The Morgan fingerprint density at radius 1 is 1.07 bits per heavy atom. The third-order valence-electron chi connectivity index (χ3n) is 7.25. The highest BCUT2D eigenvalue weighted by Crippen LogP contribution is 2.43. The van der Waals surface area contributed by atoms with Gasteiger partial charge in [0.15, 0.2) is 17.7 Å². The highest BCUT2D eigenvalue weighted by molar-refractivity contribution is 6.01. The second-order valence-corrected chi connectivity index (χ2v) is 11.1. The molecule has 8 heteroatoms. The molecular formula is C32H31F2NO5. The van der Waals surface area contributed by atoms with Crippen LogP contribution in [0.25, 0.3) is 33.0 Å². The molecule has 1 aromatic heterocycles. The van der Waals surface area contributed by atoms with E-state index in [1.165, 1.54) is 29.8 Å². The van der Waals surface area contributed by atoms with Crippen molar-refractivity contribution >= 4 is 16.7 Å². The molecule has 1 atom stereocenters. The van der Waals surface area contributed by atoms with E-state index in [1.54, 1.807) is 51.1 Å². The smallest absolute Gasteiger partial charge is 0.339 e. The molecule has 1 aliphatic rings. The van der Waals surface area contributed by atoms with Crippen LogP contribution in [0.4, 0.5) is 8.78 Å². The van der Waals surface area contributed by atoms with Gasteiger partial charge in [-0.3, -0.25) is 4.79 Å². The van der Waals surface area contributed by atoms with Crippen molar-refractivity contribution in [1.29, 1.82) is 0 Å². The Balaban J connectivity index is 1.90. The maximum atomic E-state index is 15.5. The van der Waals surface area contributed by atoms with Crippen LogP contribution in [0, 0.1) is 18.6 Å². The summed E-state index contributed by atoms with van der Waals surface area (Å²) in [5, 5.41) is 11.0. The first kappa shape index (κ1) is 27.5. The molecule has 1 N–H and O–H groups in total. The van der Waals surface area contributed by atoms with Crippen molar-refractivity contribution in [3.05, 3.63) is 87.3 Å². The third kappa shape index (κ3) is 4.88. The molecule has 208 valence electrons. The number of ether oxygens (including phenoxy) is 2. The molecule has 6 nitrogen and oxygen atoms in total. The fraction of sp³-hybridized carbons (Fsp3) is 0.312. The van der Waals surface area contributed by atoms with Crippen molar-refractivity contribution in [3.8, 4) is 28.0 Å². The molecule has 0 saturated heterocycles. The average Bonchev–Trinajstić information content (AvgIpc) is 2.91. The number of pyridine rings is 1. The molecule has 1 aliphatic heterocycles. The van der Waals surface area contributed by atoms with Crippen LogP contribution in [0.15, 0.2) is 53.3 Å². The number of rotatable bonds is 5. The summed E-state index contributed by atoms with van der Waals surface area (Å²) in [6.45, 7) is 7.46. The summed E-state index contributed by atoms with van der Waals surface area (Å²) in [5.74, 6) is -2.03. The van der Waals surface area contributed by atoms with Crippen LogP contribution >= 0.6 is 0 Å². The maximum absolute atomic E-state index is 15.5. The van der Waals surface area contributed by atoms with E-state index in [0.29, 0.717) is 46.2 Å². The number of carbonyl (C=O) groups is 1. The number of fused-ring (bicyclic) bond motifs is 2. The van der Waals surface area contributed by atoms with Crippen molar-refractivity contribution < 1.29 is 28.2 Å². The van der Waals surface area contributed by atoms with Gasteiger partial charge in [0.2, 0.25) is 0 Å². The zero-order chi connectivity index (χ0) is 28.9. The highest BCUT2D eigenvalue weighted by atomic mass is 19.1. The van der Waals surface area contributed by atoms with E-state index in [4.69, 9.17) is 9.47 Å². The Hall–Kier alpha value is -4.04. The van der Waals surface area contributed by atoms with E-state index in [-0.39, 0.29) is 16.8 Å². The molecule has 40 heavy (non-hydrogen) atoms. The van der Waals surface area contributed by atoms with Crippen LogP contribution in [-0.2, 0) is 23.0 Å². The van der Waals surface area contributed by atoms with Gasteiger partial charge in [0.1, 0.15) is 5.82 Å².